The molecule has 0 aromatic carbocycles. The zero-order valence-electron chi connectivity index (χ0n) is 34.0. The van der Waals surface area contributed by atoms with E-state index in [1.54, 1.807) is 0 Å². The number of esters is 2. The summed E-state index contributed by atoms with van der Waals surface area (Å²) in [4.78, 5) is 44.1. The van der Waals surface area contributed by atoms with Crippen molar-refractivity contribution >= 4 is 17.9 Å². The molecule has 0 aromatic heterocycles. The predicted molar refractivity (Wildman–Crippen MR) is 206 cm³/mol. The van der Waals surface area contributed by atoms with Crippen LogP contribution < -0.4 is 0 Å². The topological polar surface area (TPSA) is 85.4 Å². The fraction of sp³-hybridized carbons (Fsp3) is 0.773. The molecule has 0 aliphatic carbocycles. The summed E-state index contributed by atoms with van der Waals surface area (Å²) < 4.78 is 11.9. The average molecular weight is 721 g/mol. The SMILES string of the molecule is CCCCCCCCON1C(C)(C)CC(OC(=O)CCCCCCCCC(=O)OC2CC(C)(C)N(C=C=C=C=C=C=C=C=O)C(C)(C)C2)CC1(C)C. The number of piperidine rings is 2. The van der Waals surface area contributed by atoms with Crippen LogP contribution in [0.5, 0.6) is 0 Å². The Morgan fingerprint density at radius 1 is 0.596 bits per heavy atom. The number of likely N-dealkylation sites (tertiary alicyclic amines) is 1. The molecule has 0 unspecified atom stereocenters. The number of ether oxygens (including phenoxy) is 2. The maximum Gasteiger partial charge on any atom is 0.306 e. The molecule has 52 heavy (non-hydrogen) atoms. The fourth-order valence-corrected chi connectivity index (χ4v) is 8.27. The van der Waals surface area contributed by atoms with Crippen molar-refractivity contribution in [3.8, 4) is 0 Å². The van der Waals surface area contributed by atoms with Gasteiger partial charge in [-0.2, -0.15) is 5.06 Å². The number of hydrogen-bond acceptors (Lipinski definition) is 8. The average Bonchev–Trinajstić information content (AvgIpc) is 3.02. The first-order valence-corrected chi connectivity index (χ1v) is 19.9. The molecule has 0 N–H and O–H groups in total. The van der Waals surface area contributed by atoms with Crippen molar-refractivity contribution in [2.24, 2.45) is 0 Å². The van der Waals surface area contributed by atoms with E-state index in [-0.39, 0.29) is 46.3 Å². The largest absolute Gasteiger partial charge is 0.462 e. The third-order valence-electron chi connectivity index (χ3n) is 10.2. The first-order chi connectivity index (χ1) is 24.5. The molecular weight excluding hydrogens is 652 g/mol. The molecule has 0 spiro atoms. The van der Waals surface area contributed by atoms with Crippen molar-refractivity contribution in [1.29, 1.82) is 0 Å². The van der Waals surface area contributed by atoms with Gasteiger partial charge in [0.05, 0.1) is 12.8 Å². The van der Waals surface area contributed by atoms with E-state index in [9.17, 15) is 14.4 Å². The molecule has 2 aliphatic rings. The lowest BCUT2D eigenvalue weighted by Crippen LogP contribution is -2.62. The van der Waals surface area contributed by atoms with E-state index in [4.69, 9.17) is 14.3 Å². The number of nitrogens with zero attached hydrogens (tertiary/aromatic N) is 2. The quantitative estimate of drug-likeness (QED) is 0.0532. The van der Waals surface area contributed by atoms with Crippen molar-refractivity contribution < 1.29 is 28.7 Å². The lowest BCUT2D eigenvalue weighted by atomic mass is 9.78. The first-order valence-electron chi connectivity index (χ1n) is 19.9. The highest BCUT2D eigenvalue weighted by Crippen LogP contribution is 2.41. The second-order valence-electron chi connectivity index (χ2n) is 17.2. The molecule has 2 fully saturated rings. The van der Waals surface area contributed by atoms with E-state index >= 15 is 0 Å². The minimum Gasteiger partial charge on any atom is -0.462 e. The van der Waals surface area contributed by atoms with Gasteiger partial charge in [-0.1, -0.05) is 64.7 Å². The molecule has 8 nitrogen and oxygen atoms in total. The predicted octanol–water partition coefficient (Wildman–Crippen LogP) is 9.80. The van der Waals surface area contributed by atoms with E-state index in [1.165, 1.54) is 38.0 Å². The maximum atomic E-state index is 12.8. The van der Waals surface area contributed by atoms with Crippen molar-refractivity contribution in [2.45, 2.75) is 212 Å². The summed E-state index contributed by atoms with van der Waals surface area (Å²) in [6, 6.07) is 0. The number of carbonyl (C=O) groups excluding carboxylic acids is 3. The van der Waals surface area contributed by atoms with Gasteiger partial charge < -0.3 is 14.4 Å². The van der Waals surface area contributed by atoms with Crippen LogP contribution in [0.2, 0.25) is 0 Å². The Morgan fingerprint density at radius 3 is 1.52 bits per heavy atom. The van der Waals surface area contributed by atoms with Crippen LogP contribution in [0, 0.1) is 0 Å². The highest BCUT2D eigenvalue weighted by Gasteiger charge is 2.48. The molecule has 290 valence electrons. The van der Waals surface area contributed by atoms with Crippen LogP contribution in [-0.2, 0) is 28.7 Å². The summed E-state index contributed by atoms with van der Waals surface area (Å²) in [5.74, 6) is 1.23. The molecule has 0 atom stereocenters. The van der Waals surface area contributed by atoms with E-state index in [1.807, 2.05) is 6.20 Å². The smallest absolute Gasteiger partial charge is 0.306 e. The Balaban J connectivity index is 1.65. The normalized spacial score (nSPS) is 19.1. The summed E-state index contributed by atoms with van der Waals surface area (Å²) in [6.07, 6.45) is 18.5. The molecule has 0 saturated carbocycles. The molecule has 2 saturated heterocycles. The van der Waals surface area contributed by atoms with Crippen LogP contribution in [0.15, 0.2) is 40.6 Å². The molecule has 0 aromatic rings. The Kier molecular flexibility index (Phi) is 19.1. The van der Waals surface area contributed by atoms with Gasteiger partial charge in [-0.15, -0.1) is 0 Å². The third kappa shape index (κ3) is 16.2. The summed E-state index contributed by atoms with van der Waals surface area (Å²) in [5.41, 5.74) is 14.3. The first kappa shape index (κ1) is 44.9. The van der Waals surface area contributed by atoms with E-state index in [2.05, 4.69) is 107 Å². The lowest BCUT2D eigenvalue weighted by molar-refractivity contribution is -0.293. The number of carbonyl (C=O) groups is 2. The molecule has 0 amide bonds. The third-order valence-corrected chi connectivity index (χ3v) is 10.2. The van der Waals surface area contributed by atoms with Crippen LogP contribution in [0.3, 0.4) is 0 Å². The standard InChI is InChI=1S/C44H68N2O6/c1-10-11-12-13-22-27-32-50-46-43(6,7)35-38(36-44(46,8)9)52-40(49)29-24-19-15-14-18-23-28-39(48)51-37-33-41(2,3)45(42(4,5)34-37)30-25-20-16-17-21-26-31-47/h30,37-38H,10-15,18-19,22-24,27-29,32-36H2,1-9H3. The second kappa shape index (κ2) is 22.1. The highest BCUT2D eigenvalue weighted by molar-refractivity contribution is 5.70. The van der Waals surface area contributed by atoms with Crippen molar-refractivity contribution in [1.82, 2.24) is 9.96 Å². The van der Waals surface area contributed by atoms with Crippen molar-refractivity contribution in [3.05, 3.63) is 40.6 Å². The monoisotopic (exact) mass is 721 g/mol. The number of rotatable bonds is 20. The van der Waals surface area contributed by atoms with Gasteiger partial charge in [-0.05, 0) is 91.8 Å². The van der Waals surface area contributed by atoms with Gasteiger partial charge in [0.25, 0.3) is 0 Å². The van der Waals surface area contributed by atoms with Gasteiger partial charge in [0.15, 0.2) is 5.94 Å². The molecule has 0 radical (unpaired) electrons. The molecule has 8 heteroatoms. The minimum absolute atomic E-state index is 0.102. The molecule has 2 heterocycles. The van der Waals surface area contributed by atoms with Crippen LogP contribution in [0.25, 0.3) is 0 Å². The lowest BCUT2D eigenvalue weighted by Gasteiger charge is -2.54. The van der Waals surface area contributed by atoms with Crippen LogP contribution in [0.1, 0.15) is 178 Å². The van der Waals surface area contributed by atoms with E-state index in [0.29, 0.717) is 25.7 Å². The van der Waals surface area contributed by atoms with Gasteiger partial charge in [0, 0.05) is 77.9 Å². The van der Waals surface area contributed by atoms with Crippen molar-refractivity contribution in [3.63, 3.8) is 0 Å². The maximum absolute atomic E-state index is 12.8. The zero-order valence-corrected chi connectivity index (χ0v) is 34.0. The van der Waals surface area contributed by atoms with Crippen LogP contribution in [-0.4, -0.2) is 68.8 Å². The molecule has 0 bridgehead atoms. The Labute approximate surface area is 315 Å². The van der Waals surface area contributed by atoms with Crippen LogP contribution in [0.4, 0.5) is 0 Å². The summed E-state index contributed by atoms with van der Waals surface area (Å²) in [5, 5.41) is 2.16. The number of hydrogen-bond donors (Lipinski definition) is 0. The van der Waals surface area contributed by atoms with Gasteiger partial charge in [-0.3, -0.25) is 14.4 Å². The second-order valence-corrected chi connectivity index (χ2v) is 17.2. The highest BCUT2D eigenvalue weighted by atomic mass is 16.7. The van der Waals surface area contributed by atoms with Crippen LogP contribution >= 0.6 is 0 Å². The molecular formula is C44H68N2O6. The summed E-state index contributed by atoms with van der Waals surface area (Å²) >= 11 is 0. The number of unbranched alkanes of at least 4 members (excludes halogenated alkanes) is 10. The molecule has 2 rings (SSSR count). The number of hydroxylamine groups is 2. The van der Waals surface area contributed by atoms with Gasteiger partial charge >= 0.3 is 11.9 Å². The Morgan fingerprint density at radius 2 is 1.02 bits per heavy atom. The van der Waals surface area contributed by atoms with Crippen molar-refractivity contribution in [2.75, 3.05) is 6.61 Å². The Bertz CT molecular complexity index is 1380. The van der Waals surface area contributed by atoms with E-state index < -0.39 is 0 Å². The molecule has 2 aliphatic heterocycles. The van der Waals surface area contributed by atoms with Gasteiger partial charge in [-0.25, -0.2) is 4.79 Å². The summed E-state index contributed by atoms with van der Waals surface area (Å²) in [6.45, 7) is 20.2. The summed E-state index contributed by atoms with van der Waals surface area (Å²) in [7, 11) is 0. The van der Waals surface area contributed by atoms with Gasteiger partial charge in [0.1, 0.15) is 12.2 Å². The van der Waals surface area contributed by atoms with E-state index in [0.717, 1.165) is 64.4 Å². The minimum atomic E-state index is -0.264. The Hall–Kier alpha value is -3.21. The fourth-order valence-electron chi connectivity index (χ4n) is 8.27. The van der Waals surface area contributed by atoms with Gasteiger partial charge in [0.2, 0.25) is 0 Å². The zero-order chi connectivity index (χ0) is 38.7.